The van der Waals surface area contributed by atoms with E-state index in [4.69, 9.17) is 10.5 Å². The summed E-state index contributed by atoms with van der Waals surface area (Å²) in [5, 5.41) is 4.14. The molecule has 0 amide bonds. The summed E-state index contributed by atoms with van der Waals surface area (Å²) >= 11 is 0. The molecule has 14 heavy (non-hydrogen) atoms. The highest BCUT2D eigenvalue weighted by molar-refractivity contribution is 5.28. The van der Waals surface area contributed by atoms with Gasteiger partial charge in [-0.05, 0) is 19.8 Å². The SMILES string of the molecule is Cc1cc(N)nn1COC1CCCC1. The van der Waals surface area contributed by atoms with Crippen molar-refractivity contribution in [3.05, 3.63) is 11.8 Å². The first-order chi connectivity index (χ1) is 6.75. The lowest BCUT2D eigenvalue weighted by Crippen LogP contribution is -2.13. The van der Waals surface area contributed by atoms with Gasteiger partial charge in [0.2, 0.25) is 0 Å². The lowest BCUT2D eigenvalue weighted by Gasteiger charge is -2.11. The minimum absolute atomic E-state index is 0.430. The van der Waals surface area contributed by atoms with E-state index in [1.165, 1.54) is 25.7 Å². The van der Waals surface area contributed by atoms with Crippen LogP contribution in [0.2, 0.25) is 0 Å². The number of rotatable bonds is 3. The summed E-state index contributed by atoms with van der Waals surface area (Å²) in [7, 11) is 0. The fourth-order valence-corrected chi connectivity index (χ4v) is 1.90. The maximum absolute atomic E-state index is 5.73. The smallest absolute Gasteiger partial charge is 0.145 e. The van der Waals surface area contributed by atoms with Gasteiger partial charge in [0.05, 0.1) is 6.10 Å². The summed E-state index contributed by atoms with van der Waals surface area (Å²) in [6.45, 7) is 2.52. The molecule has 4 heteroatoms. The number of hydrogen-bond donors (Lipinski definition) is 1. The Morgan fingerprint density at radius 3 is 2.86 bits per heavy atom. The summed E-state index contributed by atoms with van der Waals surface area (Å²) < 4.78 is 7.54. The summed E-state index contributed by atoms with van der Waals surface area (Å²) in [5.41, 5.74) is 6.63. The van der Waals surface area contributed by atoms with E-state index in [2.05, 4.69) is 5.10 Å². The molecule has 0 aromatic carbocycles. The van der Waals surface area contributed by atoms with Crippen molar-refractivity contribution in [2.45, 2.75) is 45.4 Å². The molecule has 1 heterocycles. The third-order valence-corrected chi connectivity index (χ3v) is 2.73. The van der Waals surface area contributed by atoms with Crippen LogP contribution < -0.4 is 5.73 Å². The Hall–Kier alpha value is -1.03. The van der Waals surface area contributed by atoms with Crippen molar-refractivity contribution in [3.63, 3.8) is 0 Å². The van der Waals surface area contributed by atoms with E-state index < -0.39 is 0 Å². The van der Waals surface area contributed by atoms with Crippen molar-refractivity contribution in [3.8, 4) is 0 Å². The first kappa shape index (κ1) is 9.52. The minimum atomic E-state index is 0.430. The van der Waals surface area contributed by atoms with Crippen molar-refractivity contribution in [1.29, 1.82) is 0 Å². The van der Waals surface area contributed by atoms with Crippen LogP contribution in [0, 0.1) is 6.92 Å². The van der Waals surface area contributed by atoms with Crippen LogP contribution in [0.5, 0.6) is 0 Å². The fraction of sp³-hybridized carbons (Fsp3) is 0.700. The molecule has 1 saturated carbocycles. The molecule has 1 aliphatic rings. The van der Waals surface area contributed by atoms with E-state index in [1.807, 2.05) is 17.7 Å². The average molecular weight is 195 g/mol. The third kappa shape index (κ3) is 2.07. The fourth-order valence-electron chi connectivity index (χ4n) is 1.90. The lowest BCUT2D eigenvalue weighted by atomic mass is 10.3. The highest BCUT2D eigenvalue weighted by atomic mass is 16.5. The number of aryl methyl sites for hydroxylation is 1. The molecule has 1 fully saturated rings. The van der Waals surface area contributed by atoms with Crippen LogP contribution in [0.25, 0.3) is 0 Å². The van der Waals surface area contributed by atoms with Crippen LogP contribution in [0.4, 0.5) is 5.82 Å². The largest absolute Gasteiger partial charge is 0.382 e. The van der Waals surface area contributed by atoms with E-state index in [-0.39, 0.29) is 0 Å². The van der Waals surface area contributed by atoms with Crippen LogP contribution in [0.15, 0.2) is 6.07 Å². The van der Waals surface area contributed by atoms with Gasteiger partial charge >= 0.3 is 0 Å². The standard InChI is InChI=1S/C10H17N3O/c1-8-6-10(11)12-13(8)7-14-9-4-2-3-5-9/h6,9H,2-5,7H2,1H3,(H2,11,12). The maximum Gasteiger partial charge on any atom is 0.145 e. The third-order valence-electron chi connectivity index (χ3n) is 2.73. The quantitative estimate of drug-likeness (QED) is 0.798. The van der Waals surface area contributed by atoms with Gasteiger partial charge in [0.1, 0.15) is 12.5 Å². The van der Waals surface area contributed by atoms with Crippen molar-refractivity contribution in [2.75, 3.05) is 5.73 Å². The van der Waals surface area contributed by atoms with E-state index in [9.17, 15) is 0 Å². The van der Waals surface area contributed by atoms with Crippen molar-refractivity contribution in [1.82, 2.24) is 9.78 Å². The molecule has 2 N–H and O–H groups in total. The van der Waals surface area contributed by atoms with Crippen LogP contribution in [0.3, 0.4) is 0 Å². The average Bonchev–Trinajstić information content (AvgIpc) is 2.72. The summed E-state index contributed by atoms with van der Waals surface area (Å²) in [4.78, 5) is 0. The molecule has 0 radical (unpaired) electrons. The topological polar surface area (TPSA) is 53.1 Å². The number of aromatic nitrogens is 2. The Kier molecular flexibility index (Phi) is 2.72. The van der Waals surface area contributed by atoms with Gasteiger partial charge in [-0.3, -0.25) is 0 Å². The Balaban J connectivity index is 1.87. The number of hydrogen-bond acceptors (Lipinski definition) is 3. The van der Waals surface area contributed by atoms with Gasteiger partial charge in [-0.2, -0.15) is 5.10 Å². The van der Waals surface area contributed by atoms with E-state index in [0.717, 1.165) is 5.69 Å². The molecule has 78 valence electrons. The van der Waals surface area contributed by atoms with Crippen LogP contribution >= 0.6 is 0 Å². The molecule has 4 nitrogen and oxygen atoms in total. The Bertz CT molecular complexity index is 302. The molecule has 0 aliphatic heterocycles. The first-order valence-corrected chi connectivity index (χ1v) is 5.17. The Morgan fingerprint density at radius 2 is 2.29 bits per heavy atom. The van der Waals surface area contributed by atoms with E-state index >= 15 is 0 Å². The van der Waals surface area contributed by atoms with E-state index in [1.54, 1.807) is 0 Å². The second-order valence-corrected chi connectivity index (χ2v) is 3.91. The maximum atomic E-state index is 5.73. The number of ether oxygens (including phenoxy) is 1. The number of nitrogens with zero attached hydrogens (tertiary/aromatic N) is 2. The molecule has 1 aromatic rings. The van der Waals surface area contributed by atoms with E-state index in [0.29, 0.717) is 18.7 Å². The normalized spacial score (nSPS) is 17.8. The van der Waals surface area contributed by atoms with Crippen LogP contribution in [-0.2, 0) is 11.5 Å². The predicted octanol–water partition coefficient (Wildman–Crippen LogP) is 1.69. The number of nitrogen functional groups attached to an aromatic ring is 1. The molecule has 0 spiro atoms. The number of nitrogens with two attached hydrogens (primary N) is 1. The van der Waals surface area contributed by atoms with Gasteiger partial charge in [-0.25, -0.2) is 4.68 Å². The molecule has 0 atom stereocenters. The van der Waals surface area contributed by atoms with Crippen LogP contribution in [0.1, 0.15) is 31.4 Å². The van der Waals surface area contributed by atoms with Crippen molar-refractivity contribution in [2.24, 2.45) is 0 Å². The second-order valence-electron chi connectivity index (χ2n) is 3.91. The number of anilines is 1. The van der Waals surface area contributed by atoms with Gasteiger partial charge in [-0.15, -0.1) is 0 Å². The molecule has 0 saturated heterocycles. The zero-order valence-electron chi connectivity index (χ0n) is 8.57. The monoisotopic (exact) mass is 195 g/mol. The molecule has 1 aliphatic carbocycles. The molecule has 1 aromatic heterocycles. The van der Waals surface area contributed by atoms with Gasteiger partial charge in [-0.1, -0.05) is 12.8 Å². The summed E-state index contributed by atoms with van der Waals surface area (Å²) in [6, 6.07) is 1.86. The zero-order valence-corrected chi connectivity index (χ0v) is 8.57. The van der Waals surface area contributed by atoms with Crippen LogP contribution in [-0.4, -0.2) is 15.9 Å². The highest BCUT2D eigenvalue weighted by Gasteiger charge is 2.15. The van der Waals surface area contributed by atoms with Gasteiger partial charge in [0.15, 0.2) is 0 Å². The Morgan fingerprint density at radius 1 is 1.57 bits per heavy atom. The zero-order chi connectivity index (χ0) is 9.97. The van der Waals surface area contributed by atoms with Gasteiger partial charge in [0, 0.05) is 11.8 Å². The van der Waals surface area contributed by atoms with Gasteiger partial charge in [0.25, 0.3) is 0 Å². The molecule has 0 unspecified atom stereocenters. The van der Waals surface area contributed by atoms with Crippen molar-refractivity contribution < 1.29 is 4.74 Å². The summed E-state index contributed by atoms with van der Waals surface area (Å²) in [6.07, 6.45) is 5.40. The van der Waals surface area contributed by atoms with Crippen molar-refractivity contribution >= 4 is 5.82 Å². The predicted molar refractivity (Wildman–Crippen MR) is 54.7 cm³/mol. The molecular formula is C10H17N3O. The second kappa shape index (κ2) is 4.00. The minimum Gasteiger partial charge on any atom is -0.382 e. The molecular weight excluding hydrogens is 178 g/mol. The van der Waals surface area contributed by atoms with Gasteiger partial charge < -0.3 is 10.5 Å². The lowest BCUT2D eigenvalue weighted by molar-refractivity contribution is 0.00466. The Labute approximate surface area is 84.0 Å². The molecule has 2 rings (SSSR count). The highest BCUT2D eigenvalue weighted by Crippen LogP contribution is 2.21. The first-order valence-electron chi connectivity index (χ1n) is 5.17. The summed E-state index contributed by atoms with van der Waals surface area (Å²) in [5.74, 6) is 0.567. The molecule has 0 bridgehead atoms.